The van der Waals surface area contributed by atoms with Crippen LogP contribution in [-0.2, 0) is 6.42 Å². The molecule has 0 spiro atoms. The number of ether oxygens (including phenoxy) is 1. The van der Waals surface area contributed by atoms with Crippen LogP contribution >= 0.6 is 0 Å². The van der Waals surface area contributed by atoms with Crippen LogP contribution in [0.1, 0.15) is 43.2 Å². The van der Waals surface area contributed by atoms with Crippen LogP contribution in [-0.4, -0.2) is 30.9 Å². The molecule has 1 aromatic rings. The van der Waals surface area contributed by atoms with Crippen molar-refractivity contribution >= 4 is 0 Å². The van der Waals surface area contributed by atoms with E-state index in [-0.39, 0.29) is 5.75 Å². The van der Waals surface area contributed by atoms with Crippen LogP contribution in [0.25, 0.3) is 0 Å². The zero-order valence-corrected chi connectivity index (χ0v) is 12.8. The third kappa shape index (κ3) is 3.40. The zero-order valence-electron chi connectivity index (χ0n) is 12.8. The summed E-state index contributed by atoms with van der Waals surface area (Å²) < 4.78 is 41.3. The molecule has 1 atom stereocenters. The van der Waals surface area contributed by atoms with Crippen molar-refractivity contribution in [2.75, 3.05) is 19.6 Å². The number of piperidine rings is 1. The maximum Gasteiger partial charge on any atom is 0.573 e. The Morgan fingerprint density at radius 1 is 1.18 bits per heavy atom. The molecule has 0 saturated carbocycles. The van der Waals surface area contributed by atoms with E-state index in [1.54, 1.807) is 12.1 Å². The summed E-state index contributed by atoms with van der Waals surface area (Å²) in [6, 6.07) is 4.86. The van der Waals surface area contributed by atoms with Crippen LogP contribution in [0.15, 0.2) is 18.2 Å². The van der Waals surface area contributed by atoms with Crippen molar-refractivity contribution in [1.29, 1.82) is 0 Å². The van der Waals surface area contributed by atoms with E-state index < -0.39 is 6.36 Å². The highest BCUT2D eigenvalue weighted by Crippen LogP contribution is 2.44. The van der Waals surface area contributed by atoms with E-state index in [1.165, 1.54) is 11.6 Å². The number of hydrogen-bond donors (Lipinski definition) is 0. The van der Waals surface area contributed by atoms with Gasteiger partial charge in [-0.3, -0.25) is 0 Å². The number of alkyl halides is 3. The molecule has 2 aliphatic rings. The first-order valence-electron chi connectivity index (χ1n) is 8.07. The molecule has 5 heteroatoms. The lowest BCUT2D eigenvalue weighted by Crippen LogP contribution is -2.35. The van der Waals surface area contributed by atoms with Crippen molar-refractivity contribution in [3.05, 3.63) is 29.3 Å². The van der Waals surface area contributed by atoms with Crippen LogP contribution in [0.3, 0.4) is 0 Å². The van der Waals surface area contributed by atoms with Gasteiger partial charge in [0.25, 0.3) is 0 Å². The predicted molar refractivity (Wildman–Crippen MR) is 79.0 cm³/mol. The lowest BCUT2D eigenvalue weighted by molar-refractivity contribution is -0.274. The summed E-state index contributed by atoms with van der Waals surface area (Å²) in [5.74, 6) is 0.903. The van der Waals surface area contributed by atoms with Crippen LogP contribution < -0.4 is 4.74 Å². The lowest BCUT2D eigenvalue weighted by Gasteiger charge is -2.34. The molecule has 0 radical (unpaired) electrons. The molecule has 1 aliphatic heterocycles. The highest BCUT2D eigenvalue weighted by Gasteiger charge is 2.34. The molecule has 1 fully saturated rings. The number of rotatable bonds is 3. The molecule has 0 aromatic heterocycles. The van der Waals surface area contributed by atoms with E-state index >= 15 is 0 Å². The van der Waals surface area contributed by atoms with Crippen molar-refractivity contribution in [2.45, 2.75) is 44.9 Å². The normalized spacial score (nSPS) is 23.5. The Balaban J connectivity index is 1.74. The zero-order chi connectivity index (χ0) is 15.7. The Labute approximate surface area is 129 Å². The van der Waals surface area contributed by atoms with Gasteiger partial charge < -0.3 is 9.64 Å². The number of likely N-dealkylation sites (tertiary alicyclic amines) is 1. The van der Waals surface area contributed by atoms with Gasteiger partial charge in [0.2, 0.25) is 0 Å². The number of nitrogens with zero attached hydrogens (tertiary/aromatic N) is 1. The van der Waals surface area contributed by atoms with Crippen LogP contribution in [0.2, 0.25) is 0 Å². The van der Waals surface area contributed by atoms with Gasteiger partial charge in [-0.15, -0.1) is 13.2 Å². The molecule has 22 heavy (non-hydrogen) atoms. The topological polar surface area (TPSA) is 12.5 Å². The van der Waals surface area contributed by atoms with Gasteiger partial charge in [-0.25, -0.2) is 0 Å². The van der Waals surface area contributed by atoms with Crippen LogP contribution in [0.4, 0.5) is 13.2 Å². The summed E-state index contributed by atoms with van der Waals surface area (Å²) in [7, 11) is 0. The first-order chi connectivity index (χ1) is 10.5. The predicted octanol–water partition coefficient (Wildman–Crippen LogP) is 4.35. The van der Waals surface area contributed by atoms with Crippen molar-refractivity contribution in [3.63, 3.8) is 0 Å². The van der Waals surface area contributed by atoms with Gasteiger partial charge in [0.15, 0.2) is 0 Å². The highest BCUT2D eigenvalue weighted by molar-refractivity contribution is 5.41. The summed E-state index contributed by atoms with van der Waals surface area (Å²) in [4.78, 5) is 2.44. The first kappa shape index (κ1) is 15.7. The van der Waals surface area contributed by atoms with Crippen molar-refractivity contribution in [1.82, 2.24) is 4.90 Å². The van der Waals surface area contributed by atoms with E-state index in [4.69, 9.17) is 0 Å². The fourth-order valence-corrected chi connectivity index (χ4v) is 3.97. The summed E-state index contributed by atoms with van der Waals surface area (Å²) in [5, 5.41) is 0. The SMILES string of the molecule is CCN1CCC(C2CCc3ccc(OC(F)(F)F)cc32)CC1. The summed E-state index contributed by atoms with van der Waals surface area (Å²) in [5.41, 5.74) is 2.27. The fourth-order valence-electron chi connectivity index (χ4n) is 3.97. The lowest BCUT2D eigenvalue weighted by atomic mass is 9.81. The Bertz CT molecular complexity index is 521. The minimum atomic E-state index is -4.62. The molecule has 3 rings (SSSR count). The fraction of sp³-hybridized carbons (Fsp3) is 0.647. The van der Waals surface area contributed by atoms with Gasteiger partial charge in [-0.05, 0) is 80.4 Å². The van der Waals surface area contributed by atoms with Crippen molar-refractivity contribution in [3.8, 4) is 5.75 Å². The third-order valence-electron chi connectivity index (χ3n) is 5.12. The van der Waals surface area contributed by atoms with Gasteiger partial charge in [-0.2, -0.15) is 0 Å². The number of fused-ring (bicyclic) bond motifs is 1. The molecule has 1 unspecified atom stereocenters. The maximum atomic E-state index is 12.4. The number of benzene rings is 1. The Hall–Kier alpha value is -1.23. The molecule has 0 bridgehead atoms. The molecule has 122 valence electrons. The molecular formula is C17H22F3NO. The Morgan fingerprint density at radius 3 is 2.55 bits per heavy atom. The molecular weight excluding hydrogens is 291 g/mol. The van der Waals surface area contributed by atoms with Crippen molar-refractivity contribution < 1.29 is 17.9 Å². The summed E-state index contributed by atoms with van der Waals surface area (Å²) in [6.07, 6.45) is -0.304. The van der Waals surface area contributed by atoms with Crippen molar-refractivity contribution in [2.24, 2.45) is 5.92 Å². The molecule has 2 nitrogen and oxygen atoms in total. The van der Waals surface area contributed by atoms with Gasteiger partial charge in [-0.1, -0.05) is 13.0 Å². The number of halogens is 3. The van der Waals surface area contributed by atoms with E-state index in [0.29, 0.717) is 11.8 Å². The Morgan fingerprint density at radius 2 is 1.91 bits per heavy atom. The van der Waals surface area contributed by atoms with Gasteiger partial charge in [0.1, 0.15) is 5.75 Å². The molecule has 1 aromatic carbocycles. The van der Waals surface area contributed by atoms with Gasteiger partial charge >= 0.3 is 6.36 Å². The molecule has 1 saturated heterocycles. The van der Waals surface area contributed by atoms with Crippen LogP contribution in [0, 0.1) is 5.92 Å². The average molecular weight is 313 g/mol. The first-order valence-corrected chi connectivity index (χ1v) is 8.07. The van der Waals surface area contributed by atoms with E-state index in [9.17, 15) is 13.2 Å². The number of aryl methyl sites for hydroxylation is 1. The highest BCUT2D eigenvalue weighted by atomic mass is 19.4. The second-order valence-electron chi connectivity index (χ2n) is 6.33. The number of hydrogen-bond acceptors (Lipinski definition) is 2. The maximum absolute atomic E-state index is 12.4. The summed E-state index contributed by atoms with van der Waals surface area (Å²) >= 11 is 0. The molecule has 1 heterocycles. The average Bonchev–Trinajstić information content (AvgIpc) is 2.89. The largest absolute Gasteiger partial charge is 0.573 e. The monoisotopic (exact) mass is 313 g/mol. The Kier molecular flexibility index (Phi) is 4.35. The summed E-state index contributed by atoms with van der Waals surface area (Å²) in [6.45, 7) is 5.46. The quantitative estimate of drug-likeness (QED) is 0.823. The third-order valence-corrected chi connectivity index (χ3v) is 5.12. The minimum absolute atomic E-state index is 0.0795. The standard InChI is InChI=1S/C17H22F3NO/c1-2-21-9-7-13(8-10-21)15-6-4-12-3-5-14(11-16(12)15)22-17(18,19)20/h3,5,11,13,15H,2,4,6-10H2,1H3. The minimum Gasteiger partial charge on any atom is -0.406 e. The van der Waals surface area contributed by atoms with E-state index in [0.717, 1.165) is 50.9 Å². The smallest absolute Gasteiger partial charge is 0.406 e. The molecule has 0 amide bonds. The van der Waals surface area contributed by atoms with E-state index in [1.807, 2.05) is 0 Å². The molecule has 0 N–H and O–H groups in total. The van der Waals surface area contributed by atoms with E-state index in [2.05, 4.69) is 16.6 Å². The molecule has 1 aliphatic carbocycles. The van der Waals surface area contributed by atoms with Crippen LogP contribution in [0.5, 0.6) is 5.75 Å². The second-order valence-corrected chi connectivity index (χ2v) is 6.33. The second kappa shape index (κ2) is 6.11. The van der Waals surface area contributed by atoms with Gasteiger partial charge in [0, 0.05) is 0 Å². The van der Waals surface area contributed by atoms with Gasteiger partial charge in [0.05, 0.1) is 0 Å².